The van der Waals surface area contributed by atoms with E-state index in [0.717, 1.165) is 18.5 Å². The first-order valence-electron chi connectivity index (χ1n) is 7.76. The first kappa shape index (κ1) is 15.5. The molecule has 0 aliphatic heterocycles. The van der Waals surface area contributed by atoms with Crippen LogP contribution in [0.25, 0.3) is 0 Å². The zero-order valence-corrected chi connectivity index (χ0v) is 12.6. The van der Waals surface area contributed by atoms with Crippen molar-refractivity contribution in [1.82, 2.24) is 0 Å². The summed E-state index contributed by atoms with van der Waals surface area (Å²) in [4.78, 5) is 23.5. The Labute approximate surface area is 125 Å². The molecule has 1 fully saturated rings. The van der Waals surface area contributed by atoms with E-state index in [1.54, 1.807) is 31.2 Å². The topological polar surface area (TPSA) is 55.4 Å². The Morgan fingerprint density at radius 1 is 1.14 bits per heavy atom. The SMILES string of the molecule is CCOC(=O)c1ccc(NC(=O)CC2CCCCC2)cc1. The first-order chi connectivity index (χ1) is 10.2. The van der Waals surface area contributed by atoms with Gasteiger partial charge < -0.3 is 10.1 Å². The van der Waals surface area contributed by atoms with Crippen LogP contribution in [0.3, 0.4) is 0 Å². The van der Waals surface area contributed by atoms with E-state index < -0.39 is 0 Å². The monoisotopic (exact) mass is 289 g/mol. The van der Waals surface area contributed by atoms with Crippen molar-refractivity contribution in [2.75, 3.05) is 11.9 Å². The van der Waals surface area contributed by atoms with E-state index in [1.807, 2.05) is 0 Å². The van der Waals surface area contributed by atoms with Gasteiger partial charge in [-0.15, -0.1) is 0 Å². The number of anilines is 1. The van der Waals surface area contributed by atoms with Crippen LogP contribution in [-0.4, -0.2) is 18.5 Å². The highest BCUT2D eigenvalue weighted by atomic mass is 16.5. The molecule has 0 aromatic heterocycles. The molecule has 0 spiro atoms. The number of esters is 1. The summed E-state index contributed by atoms with van der Waals surface area (Å²) >= 11 is 0. The Hall–Kier alpha value is -1.84. The molecule has 0 saturated heterocycles. The van der Waals surface area contributed by atoms with Gasteiger partial charge >= 0.3 is 5.97 Å². The van der Waals surface area contributed by atoms with Crippen LogP contribution in [0.15, 0.2) is 24.3 Å². The van der Waals surface area contributed by atoms with Crippen molar-refractivity contribution in [3.05, 3.63) is 29.8 Å². The largest absolute Gasteiger partial charge is 0.462 e. The van der Waals surface area contributed by atoms with Gasteiger partial charge in [0.15, 0.2) is 0 Å². The van der Waals surface area contributed by atoms with Gasteiger partial charge in [-0.1, -0.05) is 19.3 Å². The van der Waals surface area contributed by atoms with Crippen molar-refractivity contribution in [2.45, 2.75) is 45.4 Å². The summed E-state index contributed by atoms with van der Waals surface area (Å²) in [5.74, 6) is 0.251. The number of hydrogen-bond donors (Lipinski definition) is 1. The summed E-state index contributed by atoms with van der Waals surface area (Å²) in [7, 11) is 0. The summed E-state index contributed by atoms with van der Waals surface area (Å²) in [6.45, 7) is 2.14. The molecule has 0 bridgehead atoms. The molecule has 1 saturated carbocycles. The van der Waals surface area contributed by atoms with Crippen LogP contribution in [0.5, 0.6) is 0 Å². The van der Waals surface area contributed by atoms with Gasteiger partial charge in [-0.25, -0.2) is 4.79 Å². The van der Waals surface area contributed by atoms with Crippen LogP contribution in [0.4, 0.5) is 5.69 Å². The fourth-order valence-corrected chi connectivity index (χ4v) is 2.77. The number of nitrogens with one attached hydrogen (secondary N) is 1. The average molecular weight is 289 g/mol. The molecule has 0 radical (unpaired) electrons. The molecule has 0 atom stereocenters. The minimum atomic E-state index is -0.336. The summed E-state index contributed by atoms with van der Waals surface area (Å²) < 4.78 is 4.92. The fraction of sp³-hybridized carbons (Fsp3) is 0.529. The van der Waals surface area contributed by atoms with Gasteiger partial charge in [-0.05, 0) is 49.9 Å². The summed E-state index contributed by atoms with van der Waals surface area (Å²) in [6.07, 6.45) is 6.70. The van der Waals surface area contributed by atoms with Crippen molar-refractivity contribution >= 4 is 17.6 Å². The van der Waals surface area contributed by atoms with Crippen LogP contribution in [0, 0.1) is 5.92 Å². The highest BCUT2D eigenvalue weighted by Gasteiger charge is 2.17. The number of hydrogen-bond acceptors (Lipinski definition) is 3. The molecule has 4 nitrogen and oxygen atoms in total. The minimum absolute atomic E-state index is 0.0609. The predicted octanol–water partition coefficient (Wildman–Crippen LogP) is 3.77. The summed E-state index contributed by atoms with van der Waals surface area (Å²) in [6, 6.07) is 6.83. The van der Waals surface area contributed by atoms with E-state index in [4.69, 9.17) is 4.74 Å². The molecule has 21 heavy (non-hydrogen) atoms. The molecule has 1 aliphatic carbocycles. The third-order valence-corrected chi connectivity index (χ3v) is 3.88. The van der Waals surface area contributed by atoms with Gasteiger partial charge in [0.1, 0.15) is 0 Å². The number of rotatable bonds is 5. The van der Waals surface area contributed by atoms with Crippen molar-refractivity contribution in [1.29, 1.82) is 0 Å². The van der Waals surface area contributed by atoms with E-state index in [0.29, 0.717) is 24.5 Å². The lowest BCUT2D eigenvalue weighted by molar-refractivity contribution is -0.117. The van der Waals surface area contributed by atoms with Gasteiger partial charge in [0, 0.05) is 12.1 Å². The highest BCUT2D eigenvalue weighted by molar-refractivity contribution is 5.93. The fourth-order valence-electron chi connectivity index (χ4n) is 2.77. The van der Waals surface area contributed by atoms with Crippen molar-refractivity contribution < 1.29 is 14.3 Å². The zero-order valence-electron chi connectivity index (χ0n) is 12.6. The second-order valence-corrected chi connectivity index (χ2v) is 5.55. The third-order valence-electron chi connectivity index (χ3n) is 3.88. The molecule has 4 heteroatoms. The second-order valence-electron chi connectivity index (χ2n) is 5.55. The van der Waals surface area contributed by atoms with Gasteiger partial charge in [0.2, 0.25) is 5.91 Å². The maximum absolute atomic E-state index is 12.0. The van der Waals surface area contributed by atoms with E-state index >= 15 is 0 Å². The quantitative estimate of drug-likeness (QED) is 0.839. The van der Waals surface area contributed by atoms with Crippen LogP contribution in [0.2, 0.25) is 0 Å². The Balaban J connectivity index is 1.84. The molecule has 1 amide bonds. The molecule has 2 rings (SSSR count). The van der Waals surface area contributed by atoms with E-state index in [-0.39, 0.29) is 11.9 Å². The zero-order chi connectivity index (χ0) is 15.1. The van der Waals surface area contributed by atoms with Crippen LogP contribution in [-0.2, 0) is 9.53 Å². The molecule has 1 aliphatic rings. The standard InChI is InChI=1S/C17H23NO3/c1-2-21-17(20)14-8-10-15(11-9-14)18-16(19)12-13-6-4-3-5-7-13/h8-11,13H,2-7,12H2,1H3,(H,18,19). The molecule has 0 unspecified atom stereocenters. The van der Waals surface area contributed by atoms with Gasteiger partial charge in [0.05, 0.1) is 12.2 Å². The molecule has 1 aromatic rings. The van der Waals surface area contributed by atoms with E-state index in [1.165, 1.54) is 19.3 Å². The first-order valence-corrected chi connectivity index (χ1v) is 7.76. The van der Waals surface area contributed by atoms with E-state index in [9.17, 15) is 9.59 Å². The lowest BCUT2D eigenvalue weighted by atomic mass is 9.87. The molecule has 1 aromatic carbocycles. The molecule has 0 heterocycles. The Kier molecular flexibility index (Phi) is 5.78. The maximum Gasteiger partial charge on any atom is 0.338 e. The summed E-state index contributed by atoms with van der Waals surface area (Å²) in [5.41, 5.74) is 1.23. The third kappa shape index (κ3) is 4.88. The second kappa shape index (κ2) is 7.81. The predicted molar refractivity (Wildman–Crippen MR) is 82.2 cm³/mol. The number of amides is 1. The lowest BCUT2D eigenvalue weighted by Crippen LogP contribution is -2.18. The normalized spacial score (nSPS) is 15.5. The van der Waals surface area contributed by atoms with Crippen molar-refractivity contribution in [3.63, 3.8) is 0 Å². The molecule has 1 N–H and O–H groups in total. The van der Waals surface area contributed by atoms with Gasteiger partial charge in [-0.3, -0.25) is 4.79 Å². The van der Waals surface area contributed by atoms with Crippen molar-refractivity contribution in [2.24, 2.45) is 5.92 Å². The minimum Gasteiger partial charge on any atom is -0.462 e. The average Bonchev–Trinajstić information content (AvgIpc) is 2.49. The highest BCUT2D eigenvalue weighted by Crippen LogP contribution is 2.26. The Morgan fingerprint density at radius 2 is 1.81 bits per heavy atom. The summed E-state index contributed by atoms with van der Waals surface area (Å²) in [5, 5.41) is 2.90. The lowest BCUT2D eigenvalue weighted by Gasteiger charge is -2.20. The number of ether oxygens (including phenoxy) is 1. The van der Waals surface area contributed by atoms with Crippen LogP contribution >= 0.6 is 0 Å². The Bertz CT molecular complexity index is 475. The maximum atomic E-state index is 12.0. The van der Waals surface area contributed by atoms with Gasteiger partial charge in [0.25, 0.3) is 0 Å². The van der Waals surface area contributed by atoms with Crippen molar-refractivity contribution in [3.8, 4) is 0 Å². The Morgan fingerprint density at radius 3 is 2.43 bits per heavy atom. The van der Waals surface area contributed by atoms with E-state index in [2.05, 4.69) is 5.32 Å². The van der Waals surface area contributed by atoms with Crippen LogP contribution in [0.1, 0.15) is 55.8 Å². The number of carbonyl (C=O) groups excluding carboxylic acids is 2. The number of carbonyl (C=O) groups is 2. The van der Waals surface area contributed by atoms with Crippen LogP contribution < -0.4 is 5.32 Å². The number of benzene rings is 1. The molecular weight excluding hydrogens is 266 g/mol. The smallest absolute Gasteiger partial charge is 0.338 e. The van der Waals surface area contributed by atoms with Gasteiger partial charge in [-0.2, -0.15) is 0 Å². The molecular formula is C17H23NO3. The molecule has 114 valence electrons.